The molecule has 11 N–H and O–H groups in total. The van der Waals surface area contributed by atoms with Crippen LogP contribution in [0.1, 0.15) is 126 Å². The van der Waals surface area contributed by atoms with Gasteiger partial charge in [-0.1, -0.05) is 157 Å². The standard InChI is InChI=1S/C55H87N9O10/c1-13-35(11)46(54(72)64-47(55(73)74)36(12)14-2)63-52(70)43(29-38-23-19-16-20-24-38)58-44(65)30-57-49(67)40(25-31(3)4)61-53(71)45(34(9)10)62-51(69)42(27-33(7)8)60-50(68)41(26-32(5)6)59-48(66)39(56)28-37-21-17-15-18-22-37/h15-24,31-36,39-43,45-47H,13-14,25-30,56H2,1-12H3,(H,57,67)(H,58,65)(H,59,66)(H,60,68)(H,61,71)(H,62,69)(H,63,70)(H,64,72)(H,73,74)/t35-,36-,39-,40-,41-,42-,43-,45-,46-,47-/m0/s1. The van der Waals surface area contributed by atoms with E-state index in [2.05, 4.69) is 42.5 Å². The van der Waals surface area contributed by atoms with Crippen LogP contribution in [0.5, 0.6) is 0 Å². The van der Waals surface area contributed by atoms with Crippen LogP contribution in [0, 0.1) is 35.5 Å². The molecule has 2 aromatic rings. The van der Waals surface area contributed by atoms with Gasteiger partial charge >= 0.3 is 5.97 Å². The van der Waals surface area contributed by atoms with Crippen LogP contribution < -0.4 is 48.3 Å². The Morgan fingerprint density at radius 2 is 0.824 bits per heavy atom. The molecule has 0 aliphatic heterocycles. The Hall–Kier alpha value is -6.37. The summed E-state index contributed by atoms with van der Waals surface area (Å²) in [6.45, 7) is 21.2. The maximum absolute atomic E-state index is 14.1. The number of nitrogens with two attached hydrogens (primary N) is 1. The van der Waals surface area contributed by atoms with E-state index >= 15 is 0 Å². The second-order valence-corrected chi connectivity index (χ2v) is 21.2. The molecule has 0 heterocycles. The number of hydrogen-bond acceptors (Lipinski definition) is 10. The van der Waals surface area contributed by atoms with Crippen LogP contribution >= 0.6 is 0 Å². The third-order valence-electron chi connectivity index (χ3n) is 12.8. The molecule has 10 atom stereocenters. The first-order valence-corrected chi connectivity index (χ1v) is 26.2. The molecule has 2 rings (SSSR count). The van der Waals surface area contributed by atoms with Gasteiger partial charge in [0.2, 0.25) is 47.3 Å². The fourth-order valence-electron chi connectivity index (χ4n) is 8.15. The van der Waals surface area contributed by atoms with E-state index in [1.54, 1.807) is 65.0 Å². The Kier molecular flexibility index (Phi) is 27.6. The summed E-state index contributed by atoms with van der Waals surface area (Å²) in [6, 6.07) is 9.21. The SMILES string of the molecule is CC[C@H](C)[C@H](NC(=O)[C@@H](NC(=O)[C@H](Cc1ccccc1)NC(=O)CNC(=O)[C@H](CC(C)C)NC(=O)[C@@H](NC(=O)[C@H](CC(C)C)NC(=O)[C@H](CC(C)C)NC(=O)[C@@H](N)Cc1ccccc1)C(C)C)[C@@H](C)CC)C(=O)O. The van der Waals surface area contributed by atoms with E-state index in [9.17, 15) is 48.3 Å². The summed E-state index contributed by atoms with van der Waals surface area (Å²) in [4.78, 5) is 122. The lowest BCUT2D eigenvalue weighted by atomic mass is 9.95. The van der Waals surface area contributed by atoms with Gasteiger partial charge in [0, 0.05) is 6.42 Å². The first-order chi connectivity index (χ1) is 34.8. The highest BCUT2D eigenvalue weighted by molar-refractivity contribution is 5.97. The van der Waals surface area contributed by atoms with Crippen LogP contribution in [0.2, 0.25) is 0 Å². The molecule has 0 spiro atoms. The fourth-order valence-corrected chi connectivity index (χ4v) is 8.15. The molecule has 0 fully saturated rings. The molecule has 0 aromatic heterocycles. The van der Waals surface area contributed by atoms with Gasteiger partial charge in [0.25, 0.3) is 0 Å². The highest BCUT2D eigenvalue weighted by atomic mass is 16.4. The summed E-state index contributed by atoms with van der Waals surface area (Å²) in [5.74, 6) is -7.93. The summed E-state index contributed by atoms with van der Waals surface area (Å²) < 4.78 is 0. The Balaban J connectivity index is 2.26. The normalized spacial score (nSPS) is 15.5. The first-order valence-electron chi connectivity index (χ1n) is 26.2. The van der Waals surface area contributed by atoms with Crippen molar-refractivity contribution in [1.82, 2.24) is 42.5 Å². The lowest BCUT2D eigenvalue weighted by Crippen LogP contribution is -2.60. The number of aliphatic carboxylic acids is 1. The second-order valence-electron chi connectivity index (χ2n) is 21.2. The number of nitrogens with one attached hydrogen (secondary N) is 8. The second kappa shape index (κ2) is 32.0. The lowest BCUT2D eigenvalue weighted by molar-refractivity contribution is -0.144. The molecule has 74 heavy (non-hydrogen) atoms. The Bertz CT molecular complexity index is 2140. The lowest BCUT2D eigenvalue weighted by Gasteiger charge is -2.29. The quantitative estimate of drug-likeness (QED) is 0.0507. The molecular weight excluding hydrogens is 947 g/mol. The Morgan fingerprint density at radius 3 is 1.28 bits per heavy atom. The van der Waals surface area contributed by atoms with Crippen molar-refractivity contribution in [3.05, 3.63) is 71.8 Å². The molecule has 19 heteroatoms. The summed E-state index contributed by atoms with van der Waals surface area (Å²) in [7, 11) is 0. The van der Waals surface area contributed by atoms with E-state index < -0.39 is 126 Å². The molecule has 0 aliphatic carbocycles. The van der Waals surface area contributed by atoms with Crippen LogP contribution in [0.4, 0.5) is 0 Å². The number of carbonyl (C=O) groups is 9. The van der Waals surface area contributed by atoms with Crippen molar-refractivity contribution in [3.8, 4) is 0 Å². The molecule has 0 radical (unpaired) electrons. The minimum atomic E-state index is -1.22. The number of rotatable bonds is 32. The van der Waals surface area contributed by atoms with Crippen LogP contribution in [0.15, 0.2) is 60.7 Å². The van der Waals surface area contributed by atoms with Crippen molar-refractivity contribution in [3.63, 3.8) is 0 Å². The topological polar surface area (TPSA) is 296 Å². The van der Waals surface area contributed by atoms with Gasteiger partial charge < -0.3 is 53.4 Å². The highest BCUT2D eigenvalue weighted by Crippen LogP contribution is 2.16. The van der Waals surface area contributed by atoms with Gasteiger partial charge in [0.05, 0.1) is 12.6 Å². The van der Waals surface area contributed by atoms with Crippen molar-refractivity contribution >= 4 is 53.2 Å². The van der Waals surface area contributed by atoms with E-state index in [1.807, 2.05) is 78.8 Å². The summed E-state index contributed by atoms with van der Waals surface area (Å²) in [6.07, 6.45) is 1.84. The maximum Gasteiger partial charge on any atom is 0.326 e. The molecule has 0 bridgehead atoms. The van der Waals surface area contributed by atoms with Crippen molar-refractivity contribution in [2.75, 3.05) is 6.54 Å². The molecule has 19 nitrogen and oxygen atoms in total. The van der Waals surface area contributed by atoms with Gasteiger partial charge in [-0.05, 0) is 72.3 Å². The van der Waals surface area contributed by atoms with Gasteiger partial charge in [-0.15, -0.1) is 0 Å². The highest BCUT2D eigenvalue weighted by Gasteiger charge is 2.36. The fraction of sp³-hybridized carbons (Fsp3) is 0.618. The molecular formula is C55H87N9O10. The van der Waals surface area contributed by atoms with Crippen LogP contribution in [-0.2, 0) is 56.0 Å². The van der Waals surface area contributed by atoms with E-state index in [4.69, 9.17) is 5.73 Å². The van der Waals surface area contributed by atoms with Gasteiger partial charge in [-0.25, -0.2) is 4.79 Å². The van der Waals surface area contributed by atoms with E-state index in [0.29, 0.717) is 18.4 Å². The van der Waals surface area contributed by atoms with Crippen molar-refractivity contribution < 1.29 is 48.3 Å². The predicted octanol–water partition coefficient (Wildman–Crippen LogP) is 3.28. The average molecular weight is 1030 g/mol. The maximum atomic E-state index is 14.1. The van der Waals surface area contributed by atoms with Gasteiger partial charge in [0.1, 0.15) is 42.3 Å². The van der Waals surface area contributed by atoms with Crippen LogP contribution in [0.3, 0.4) is 0 Å². The molecule has 0 unspecified atom stereocenters. The minimum absolute atomic E-state index is 0.0122. The van der Waals surface area contributed by atoms with Crippen LogP contribution in [0.25, 0.3) is 0 Å². The van der Waals surface area contributed by atoms with E-state index in [-0.39, 0.29) is 49.9 Å². The molecule has 0 saturated carbocycles. The predicted molar refractivity (Wildman–Crippen MR) is 285 cm³/mol. The number of amides is 8. The first kappa shape index (κ1) is 63.7. The van der Waals surface area contributed by atoms with Crippen LogP contribution in [-0.4, -0.2) is 113 Å². The zero-order chi connectivity index (χ0) is 55.8. The molecule has 412 valence electrons. The smallest absolute Gasteiger partial charge is 0.326 e. The third kappa shape index (κ3) is 22.4. The van der Waals surface area contributed by atoms with Crippen molar-refractivity contribution in [2.24, 2.45) is 41.2 Å². The average Bonchev–Trinajstić information content (AvgIpc) is 3.33. The summed E-state index contributed by atoms with van der Waals surface area (Å²) in [5.41, 5.74) is 7.80. The number of hydrogen-bond donors (Lipinski definition) is 10. The van der Waals surface area contributed by atoms with E-state index in [0.717, 1.165) is 5.56 Å². The largest absolute Gasteiger partial charge is 0.480 e. The van der Waals surface area contributed by atoms with E-state index in [1.165, 1.54) is 0 Å². The van der Waals surface area contributed by atoms with Crippen molar-refractivity contribution in [2.45, 2.75) is 176 Å². The number of carboxylic acid groups (broad SMARTS) is 1. The molecule has 0 saturated heterocycles. The van der Waals surface area contributed by atoms with Gasteiger partial charge in [0.15, 0.2) is 0 Å². The number of carbonyl (C=O) groups excluding carboxylic acids is 8. The zero-order valence-electron chi connectivity index (χ0n) is 45.7. The van der Waals surface area contributed by atoms with Crippen molar-refractivity contribution in [1.29, 1.82) is 0 Å². The third-order valence-corrected chi connectivity index (χ3v) is 12.8. The number of carboxylic acids is 1. The monoisotopic (exact) mass is 1030 g/mol. The van der Waals surface area contributed by atoms with Gasteiger partial charge in [-0.3, -0.25) is 38.4 Å². The number of benzene rings is 2. The minimum Gasteiger partial charge on any atom is -0.480 e. The molecule has 2 aromatic carbocycles. The molecule has 8 amide bonds. The summed E-state index contributed by atoms with van der Waals surface area (Å²) >= 11 is 0. The summed E-state index contributed by atoms with van der Waals surface area (Å²) in [5, 5.41) is 31.5. The zero-order valence-corrected chi connectivity index (χ0v) is 45.7. The Morgan fingerprint density at radius 1 is 0.446 bits per heavy atom. The molecule has 0 aliphatic rings. The Labute approximate surface area is 438 Å². The van der Waals surface area contributed by atoms with Gasteiger partial charge in [-0.2, -0.15) is 0 Å².